The van der Waals surface area contributed by atoms with Crippen LogP contribution in [0.4, 0.5) is 4.39 Å². The summed E-state index contributed by atoms with van der Waals surface area (Å²) in [6.45, 7) is 3.88. The first-order chi connectivity index (χ1) is 8.49. The minimum atomic E-state index is -1.22. The quantitative estimate of drug-likeness (QED) is 0.783. The van der Waals surface area contributed by atoms with Crippen molar-refractivity contribution in [1.82, 2.24) is 5.32 Å². The van der Waals surface area contributed by atoms with Gasteiger partial charge in [0.2, 0.25) is 0 Å². The van der Waals surface area contributed by atoms with Crippen molar-refractivity contribution in [3.05, 3.63) is 30.1 Å². The number of carboxylic acid groups (broad SMARTS) is 1. The Morgan fingerprint density at radius 3 is 2.72 bits per heavy atom. The molecule has 0 aliphatic carbocycles. The number of nitrogens with one attached hydrogen (secondary N) is 1. The first-order valence-electron chi connectivity index (χ1n) is 5.85. The van der Waals surface area contributed by atoms with E-state index in [-0.39, 0.29) is 12.4 Å². The maximum Gasteiger partial charge on any atom is 0.327 e. The third-order valence-electron chi connectivity index (χ3n) is 2.59. The van der Waals surface area contributed by atoms with Crippen LogP contribution in [-0.2, 0) is 4.79 Å². The van der Waals surface area contributed by atoms with Crippen LogP contribution in [0.3, 0.4) is 0 Å². The summed E-state index contributed by atoms with van der Waals surface area (Å²) < 4.78 is 18.6. The highest BCUT2D eigenvalue weighted by molar-refractivity contribution is 5.78. The van der Waals surface area contributed by atoms with Crippen molar-refractivity contribution in [2.75, 3.05) is 13.2 Å². The van der Waals surface area contributed by atoms with Crippen LogP contribution in [0.2, 0.25) is 0 Å². The molecule has 0 saturated carbocycles. The highest BCUT2D eigenvalue weighted by atomic mass is 19.1. The van der Waals surface area contributed by atoms with Crippen molar-refractivity contribution in [2.24, 2.45) is 0 Å². The van der Waals surface area contributed by atoms with Gasteiger partial charge in [-0.3, -0.25) is 10.1 Å². The molecule has 0 radical (unpaired) electrons. The summed E-state index contributed by atoms with van der Waals surface area (Å²) in [5.41, 5.74) is -1.22. The van der Waals surface area contributed by atoms with E-state index in [0.717, 1.165) is 6.42 Å². The molecule has 0 saturated heterocycles. The fourth-order valence-electron chi connectivity index (χ4n) is 1.37. The van der Waals surface area contributed by atoms with Crippen LogP contribution in [0.15, 0.2) is 24.3 Å². The fourth-order valence-corrected chi connectivity index (χ4v) is 1.37. The van der Waals surface area contributed by atoms with Gasteiger partial charge in [-0.25, -0.2) is 4.39 Å². The van der Waals surface area contributed by atoms with Gasteiger partial charge >= 0.3 is 5.97 Å². The maximum absolute atomic E-state index is 13.3. The van der Waals surface area contributed by atoms with Crippen molar-refractivity contribution in [3.63, 3.8) is 0 Å². The molecule has 1 unspecified atom stereocenters. The van der Waals surface area contributed by atoms with Gasteiger partial charge in [0.05, 0.1) is 0 Å². The monoisotopic (exact) mass is 255 g/mol. The second kappa shape index (κ2) is 6.35. The minimum Gasteiger partial charge on any atom is -0.488 e. The van der Waals surface area contributed by atoms with Gasteiger partial charge < -0.3 is 9.84 Å². The van der Waals surface area contributed by atoms with E-state index < -0.39 is 17.3 Å². The number of hydrogen-bond acceptors (Lipinski definition) is 3. The summed E-state index contributed by atoms with van der Waals surface area (Å²) in [6.07, 6.45) is 0.808. The first-order valence-corrected chi connectivity index (χ1v) is 5.85. The summed E-state index contributed by atoms with van der Waals surface area (Å²) in [5.74, 6) is -1.46. The largest absolute Gasteiger partial charge is 0.488 e. The second-order valence-corrected chi connectivity index (χ2v) is 4.28. The van der Waals surface area contributed by atoms with Crippen molar-refractivity contribution < 1.29 is 19.0 Å². The maximum atomic E-state index is 13.3. The van der Waals surface area contributed by atoms with Crippen LogP contribution in [0.5, 0.6) is 5.75 Å². The van der Waals surface area contributed by atoms with Gasteiger partial charge in [-0.1, -0.05) is 19.1 Å². The Kier molecular flexibility index (Phi) is 5.09. The highest BCUT2D eigenvalue weighted by Crippen LogP contribution is 2.17. The molecule has 2 N–H and O–H groups in total. The number of halogens is 1. The lowest BCUT2D eigenvalue weighted by Crippen LogP contribution is -2.54. The standard InChI is InChI=1S/C13H18FNO3/c1-3-8-15-13(2,12(16)17)9-18-11-7-5-4-6-10(11)14/h4-7,15H,3,8-9H2,1-2H3,(H,16,17). The van der Waals surface area contributed by atoms with E-state index in [1.807, 2.05) is 6.92 Å². The molecule has 0 heterocycles. The lowest BCUT2D eigenvalue weighted by Gasteiger charge is -2.26. The molecule has 1 rings (SSSR count). The Labute approximate surface area is 106 Å². The molecule has 0 amide bonds. The molecular formula is C13H18FNO3. The lowest BCUT2D eigenvalue weighted by atomic mass is 10.0. The Bertz CT molecular complexity index is 411. The number of aliphatic carboxylic acids is 1. The third kappa shape index (κ3) is 3.70. The van der Waals surface area contributed by atoms with Crippen LogP contribution in [0.25, 0.3) is 0 Å². The molecule has 0 aliphatic rings. The lowest BCUT2D eigenvalue weighted by molar-refractivity contribution is -0.145. The number of ether oxygens (including phenoxy) is 1. The molecule has 0 bridgehead atoms. The molecule has 1 aromatic carbocycles. The van der Waals surface area contributed by atoms with Crippen molar-refractivity contribution >= 4 is 5.97 Å². The van der Waals surface area contributed by atoms with Crippen LogP contribution >= 0.6 is 0 Å². The normalized spacial score (nSPS) is 13.9. The Balaban J connectivity index is 2.68. The first kappa shape index (κ1) is 14.4. The van der Waals surface area contributed by atoms with Crippen molar-refractivity contribution in [3.8, 4) is 5.75 Å². The molecule has 4 nitrogen and oxygen atoms in total. The van der Waals surface area contributed by atoms with E-state index in [4.69, 9.17) is 4.74 Å². The third-order valence-corrected chi connectivity index (χ3v) is 2.59. The number of carboxylic acids is 1. The molecule has 0 aromatic heterocycles. The smallest absolute Gasteiger partial charge is 0.327 e. The second-order valence-electron chi connectivity index (χ2n) is 4.28. The molecule has 0 aliphatic heterocycles. The molecule has 5 heteroatoms. The number of rotatable bonds is 7. The summed E-state index contributed by atoms with van der Waals surface area (Å²) >= 11 is 0. The zero-order chi connectivity index (χ0) is 13.6. The number of carbonyl (C=O) groups is 1. The van der Waals surface area contributed by atoms with Gasteiger partial charge in [0.25, 0.3) is 0 Å². The molecule has 18 heavy (non-hydrogen) atoms. The van der Waals surface area contributed by atoms with Crippen LogP contribution in [0.1, 0.15) is 20.3 Å². The minimum absolute atomic E-state index is 0.0586. The molecule has 100 valence electrons. The molecule has 0 spiro atoms. The summed E-state index contributed by atoms with van der Waals surface area (Å²) in [7, 11) is 0. The average Bonchev–Trinajstić information content (AvgIpc) is 2.35. The number of benzene rings is 1. The van der Waals surface area contributed by atoms with Crippen LogP contribution in [0, 0.1) is 5.82 Å². The predicted molar refractivity (Wildman–Crippen MR) is 66.2 cm³/mol. The van der Waals surface area contributed by atoms with Gasteiger partial charge in [-0.15, -0.1) is 0 Å². The zero-order valence-electron chi connectivity index (χ0n) is 10.6. The summed E-state index contributed by atoms with van der Waals surface area (Å²) in [5, 5.41) is 12.1. The van der Waals surface area contributed by atoms with E-state index >= 15 is 0 Å². The predicted octanol–water partition coefficient (Wildman–Crippen LogP) is 2.05. The van der Waals surface area contributed by atoms with Crippen molar-refractivity contribution in [1.29, 1.82) is 0 Å². The van der Waals surface area contributed by atoms with E-state index in [0.29, 0.717) is 6.54 Å². The van der Waals surface area contributed by atoms with Gasteiger partial charge in [0.15, 0.2) is 11.6 Å². The van der Waals surface area contributed by atoms with Crippen LogP contribution < -0.4 is 10.1 Å². The van der Waals surface area contributed by atoms with Gasteiger partial charge in [0.1, 0.15) is 12.1 Å². The van der Waals surface area contributed by atoms with Crippen molar-refractivity contribution in [2.45, 2.75) is 25.8 Å². The topological polar surface area (TPSA) is 58.6 Å². The Hall–Kier alpha value is -1.62. The van der Waals surface area contributed by atoms with E-state index in [1.54, 1.807) is 12.1 Å². The number of hydrogen-bond donors (Lipinski definition) is 2. The Morgan fingerprint density at radius 2 is 2.17 bits per heavy atom. The molecule has 1 atom stereocenters. The average molecular weight is 255 g/mol. The van der Waals surface area contributed by atoms with Gasteiger partial charge in [-0.05, 0) is 32.0 Å². The van der Waals surface area contributed by atoms with E-state index in [9.17, 15) is 14.3 Å². The van der Waals surface area contributed by atoms with Gasteiger partial charge in [0, 0.05) is 0 Å². The fraction of sp³-hybridized carbons (Fsp3) is 0.462. The van der Waals surface area contributed by atoms with E-state index in [2.05, 4.69) is 5.32 Å². The zero-order valence-corrected chi connectivity index (χ0v) is 10.6. The molecular weight excluding hydrogens is 237 g/mol. The Morgan fingerprint density at radius 1 is 1.50 bits per heavy atom. The summed E-state index contributed by atoms with van der Waals surface area (Å²) in [6, 6.07) is 5.92. The summed E-state index contributed by atoms with van der Waals surface area (Å²) in [4.78, 5) is 11.2. The number of para-hydroxylation sites is 1. The molecule has 0 fully saturated rings. The SMILES string of the molecule is CCCNC(C)(COc1ccccc1F)C(=O)O. The van der Waals surface area contributed by atoms with Crippen LogP contribution in [-0.4, -0.2) is 29.8 Å². The van der Waals surface area contributed by atoms with Gasteiger partial charge in [-0.2, -0.15) is 0 Å². The van der Waals surface area contributed by atoms with E-state index in [1.165, 1.54) is 19.1 Å². The highest BCUT2D eigenvalue weighted by Gasteiger charge is 2.33. The molecule has 1 aromatic rings.